The first-order chi connectivity index (χ1) is 8.49. The molecule has 1 unspecified atom stereocenters. The molecule has 3 heteroatoms. The second-order valence-corrected chi connectivity index (χ2v) is 6.56. The molecule has 1 aromatic carbocycles. The predicted molar refractivity (Wildman–Crippen MR) is 79.3 cm³/mol. The van der Waals surface area contributed by atoms with Crippen LogP contribution in [-0.2, 0) is 11.2 Å². The van der Waals surface area contributed by atoms with Crippen molar-refractivity contribution in [2.24, 2.45) is 5.92 Å². The van der Waals surface area contributed by atoms with E-state index in [1.807, 2.05) is 7.05 Å². The first-order valence-corrected chi connectivity index (χ1v) is 7.44. The number of carbonyl (C=O) groups is 1. The van der Waals surface area contributed by atoms with E-state index in [1.54, 1.807) is 4.90 Å². The minimum Gasteiger partial charge on any atom is -0.315 e. The van der Waals surface area contributed by atoms with E-state index in [0.717, 1.165) is 23.6 Å². The molecule has 0 bridgehead atoms. The lowest BCUT2D eigenvalue weighted by atomic mass is 10.0. The van der Waals surface area contributed by atoms with Crippen molar-refractivity contribution in [3.8, 4) is 0 Å². The van der Waals surface area contributed by atoms with Gasteiger partial charge in [0.2, 0.25) is 5.91 Å². The molecule has 0 N–H and O–H groups in total. The summed E-state index contributed by atoms with van der Waals surface area (Å²) in [6, 6.07) is 6.38. The van der Waals surface area contributed by atoms with E-state index in [1.165, 1.54) is 12.0 Å². The van der Waals surface area contributed by atoms with Crippen molar-refractivity contribution >= 4 is 27.5 Å². The van der Waals surface area contributed by atoms with Crippen LogP contribution in [0.3, 0.4) is 0 Å². The Labute approximate surface area is 117 Å². The molecule has 98 valence electrons. The van der Waals surface area contributed by atoms with Gasteiger partial charge in [0.1, 0.15) is 0 Å². The second kappa shape index (κ2) is 5.43. The summed E-state index contributed by atoms with van der Waals surface area (Å²) in [5, 5.41) is 0. The molecule has 1 aliphatic rings. The highest BCUT2D eigenvalue weighted by atomic mass is 79.9. The minimum absolute atomic E-state index is 0.190. The van der Waals surface area contributed by atoms with Crippen LogP contribution in [0, 0.1) is 5.92 Å². The molecule has 1 aromatic rings. The standard InChI is InChI=1S/C15H20BrNO/c1-10(2)4-6-13(16)11-5-7-14-12(8-11)9-15(18)17(14)3/h5,7-8,10,13H,4,6,9H2,1-3H3. The van der Waals surface area contributed by atoms with Gasteiger partial charge in [-0.1, -0.05) is 41.9 Å². The van der Waals surface area contributed by atoms with Gasteiger partial charge in [-0.2, -0.15) is 0 Å². The smallest absolute Gasteiger partial charge is 0.231 e. The summed E-state index contributed by atoms with van der Waals surface area (Å²) in [5.41, 5.74) is 3.51. The SMILES string of the molecule is CC(C)CCC(Br)c1ccc2c(c1)CC(=O)N2C. The first kappa shape index (κ1) is 13.6. The Kier molecular flexibility index (Phi) is 4.10. The summed E-state index contributed by atoms with van der Waals surface area (Å²) in [4.78, 5) is 13.8. The van der Waals surface area contributed by atoms with Gasteiger partial charge < -0.3 is 4.90 Å². The summed E-state index contributed by atoms with van der Waals surface area (Å²) < 4.78 is 0. The lowest BCUT2D eigenvalue weighted by molar-refractivity contribution is -0.117. The Morgan fingerprint density at radius 3 is 2.72 bits per heavy atom. The molecule has 0 aromatic heterocycles. The Morgan fingerprint density at radius 2 is 2.06 bits per heavy atom. The molecule has 1 aliphatic heterocycles. The highest BCUT2D eigenvalue weighted by Gasteiger charge is 2.24. The van der Waals surface area contributed by atoms with Gasteiger partial charge in [0.05, 0.1) is 6.42 Å². The number of fused-ring (bicyclic) bond motifs is 1. The van der Waals surface area contributed by atoms with E-state index in [0.29, 0.717) is 11.2 Å². The third-order valence-corrected chi connectivity index (χ3v) is 4.53. The monoisotopic (exact) mass is 309 g/mol. The van der Waals surface area contributed by atoms with Crippen molar-refractivity contribution in [1.29, 1.82) is 0 Å². The normalized spacial score (nSPS) is 16.3. The van der Waals surface area contributed by atoms with Crippen molar-refractivity contribution in [2.75, 3.05) is 11.9 Å². The maximum atomic E-state index is 11.6. The molecule has 2 nitrogen and oxygen atoms in total. The average molecular weight is 310 g/mol. The third-order valence-electron chi connectivity index (χ3n) is 3.54. The van der Waals surface area contributed by atoms with Gasteiger partial charge in [0.15, 0.2) is 0 Å². The fourth-order valence-electron chi connectivity index (χ4n) is 2.33. The lowest BCUT2D eigenvalue weighted by Gasteiger charge is -2.14. The number of nitrogens with zero attached hydrogens (tertiary/aromatic N) is 1. The van der Waals surface area contributed by atoms with Crippen molar-refractivity contribution in [2.45, 2.75) is 37.9 Å². The molecular weight excluding hydrogens is 290 g/mol. The van der Waals surface area contributed by atoms with E-state index in [2.05, 4.69) is 48.0 Å². The van der Waals surface area contributed by atoms with Crippen LogP contribution in [0.2, 0.25) is 0 Å². The number of halogens is 1. The molecule has 1 amide bonds. The number of carbonyl (C=O) groups excluding carboxylic acids is 1. The second-order valence-electron chi connectivity index (χ2n) is 5.46. The maximum Gasteiger partial charge on any atom is 0.231 e. The number of benzene rings is 1. The molecule has 0 saturated heterocycles. The number of hydrogen-bond donors (Lipinski definition) is 0. The van der Waals surface area contributed by atoms with Crippen molar-refractivity contribution in [3.63, 3.8) is 0 Å². The maximum absolute atomic E-state index is 11.6. The van der Waals surface area contributed by atoms with Crippen LogP contribution in [-0.4, -0.2) is 13.0 Å². The van der Waals surface area contributed by atoms with E-state index in [4.69, 9.17) is 0 Å². The number of alkyl halides is 1. The number of likely N-dealkylation sites (N-methyl/N-ethyl adjacent to an activating group) is 1. The summed E-state index contributed by atoms with van der Waals surface area (Å²) in [7, 11) is 1.85. The van der Waals surface area contributed by atoms with Crippen molar-refractivity contribution < 1.29 is 4.79 Å². The van der Waals surface area contributed by atoms with Crippen LogP contribution in [0.15, 0.2) is 18.2 Å². The Morgan fingerprint density at radius 1 is 1.33 bits per heavy atom. The summed E-state index contributed by atoms with van der Waals surface area (Å²) in [6.07, 6.45) is 2.90. The predicted octanol–water partition coefficient (Wildman–Crippen LogP) is 4.08. The third kappa shape index (κ3) is 2.77. The molecule has 0 fully saturated rings. The molecule has 0 aliphatic carbocycles. The topological polar surface area (TPSA) is 20.3 Å². The zero-order valence-corrected chi connectivity index (χ0v) is 12.8. The Bertz CT molecular complexity index is 456. The number of amides is 1. The van der Waals surface area contributed by atoms with Gasteiger partial charge in [-0.05, 0) is 36.0 Å². The zero-order valence-electron chi connectivity index (χ0n) is 11.2. The summed E-state index contributed by atoms with van der Waals surface area (Å²) in [5.74, 6) is 0.919. The van der Waals surface area contributed by atoms with Crippen molar-refractivity contribution in [3.05, 3.63) is 29.3 Å². The van der Waals surface area contributed by atoms with Crippen LogP contribution < -0.4 is 4.90 Å². The van der Waals surface area contributed by atoms with E-state index >= 15 is 0 Å². The van der Waals surface area contributed by atoms with Gasteiger partial charge in [0.25, 0.3) is 0 Å². The summed E-state index contributed by atoms with van der Waals surface area (Å²) in [6.45, 7) is 4.49. The van der Waals surface area contributed by atoms with Crippen LogP contribution in [0.4, 0.5) is 5.69 Å². The zero-order chi connectivity index (χ0) is 13.3. The first-order valence-electron chi connectivity index (χ1n) is 6.52. The van der Waals surface area contributed by atoms with Crippen LogP contribution in [0.1, 0.15) is 42.6 Å². The van der Waals surface area contributed by atoms with Crippen molar-refractivity contribution in [1.82, 2.24) is 0 Å². The molecule has 1 atom stereocenters. The quantitative estimate of drug-likeness (QED) is 0.768. The highest BCUT2D eigenvalue weighted by molar-refractivity contribution is 9.09. The van der Waals surface area contributed by atoms with Crippen LogP contribution >= 0.6 is 15.9 Å². The number of hydrogen-bond acceptors (Lipinski definition) is 1. The highest BCUT2D eigenvalue weighted by Crippen LogP contribution is 2.35. The Balaban J connectivity index is 2.13. The minimum atomic E-state index is 0.190. The van der Waals surface area contributed by atoms with Gasteiger partial charge in [0, 0.05) is 17.6 Å². The molecule has 1 heterocycles. The Hall–Kier alpha value is -0.830. The van der Waals surface area contributed by atoms with Gasteiger partial charge in [-0.25, -0.2) is 0 Å². The lowest BCUT2D eigenvalue weighted by Crippen LogP contribution is -2.20. The summed E-state index contributed by atoms with van der Waals surface area (Å²) >= 11 is 3.75. The molecular formula is C15H20BrNO. The van der Waals surface area contributed by atoms with Crippen LogP contribution in [0.25, 0.3) is 0 Å². The number of anilines is 1. The number of rotatable bonds is 4. The van der Waals surface area contributed by atoms with Gasteiger partial charge in [-0.3, -0.25) is 4.79 Å². The average Bonchev–Trinajstić information content (AvgIpc) is 2.61. The van der Waals surface area contributed by atoms with Gasteiger partial charge >= 0.3 is 0 Å². The molecule has 2 rings (SSSR count). The molecule has 18 heavy (non-hydrogen) atoms. The van der Waals surface area contributed by atoms with Crippen LogP contribution in [0.5, 0.6) is 0 Å². The fourth-order valence-corrected chi connectivity index (χ4v) is 2.88. The molecule has 0 spiro atoms. The van der Waals surface area contributed by atoms with E-state index in [9.17, 15) is 4.79 Å². The van der Waals surface area contributed by atoms with E-state index in [-0.39, 0.29) is 5.91 Å². The van der Waals surface area contributed by atoms with E-state index < -0.39 is 0 Å². The largest absolute Gasteiger partial charge is 0.315 e. The molecule has 0 radical (unpaired) electrons. The molecule has 0 saturated carbocycles. The van der Waals surface area contributed by atoms with Gasteiger partial charge in [-0.15, -0.1) is 0 Å². The fraction of sp³-hybridized carbons (Fsp3) is 0.533.